The largest absolute Gasteiger partial charge is 0.477 e. The zero-order valence-corrected chi connectivity index (χ0v) is 50.5. The highest BCUT2D eigenvalue weighted by Crippen LogP contribution is 2.15. The number of quaternary nitrogens is 1. The molecular formula is C70H112NO8+. The molecule has 1 N–H and O–H groups in total. The molecule has 0 aliphatic heterocycles. The molecule has 0 aliphatic rings. The number of rotatable bonds is 54. The SMILES string of the molecule is CC/C=C\C/C=C\C/C=C\C/C=C\C/C=C\C/C=C\C/C=C\C/C=C\CCCCCCCCCCCCCCC(=O)OC(COC(=O)CCC/C=C\C/C=C\C/C=C\C/C=C\C/C=C\CC)COC(OCC[N+](C)(C)C)C(=O)O. The number of hydrogen-bond donors (Lipinski definition) is 1. The predicted octanol–water partition coefficient (Wildman–Crippen LogP) is 18.6. The van der Waals surface area contributed by atoms with Gasteiger partial charge in [-0.25, -0.2) is 4.79 Å². The van der Waals surface area contributed by atoms with Crippen LogP contribution in [0.2, 0.25) is 0 Å². The quantitative estimate of drug-likeness (QED) is 0.0211. The number of hydrogen-bond acceptors (Lipinski definition) is 7. The van der Waals surface area contributed by atoms with Gasteiger partial charge in [0.1, 0.15) is 13.2 Å². The summed E-state index contributed by atoms with van der Waals surface area (Å²) < 4.78 is 22.8. The second-order valence-corrected chi connectivity index (χ2v) is 20.9. The van der Waals surface area contributed by atoms with Crippen molar-refractivity contribution in [3.05, 3.63) is 158 Å². The van der Waals surface area contributed by atoms with Crippen molar-refractivity contribution in [3.63, 3.8) is 0 Å². The normalized spacial score (nSPS) is 13.9. The molecule has 0 aromatic carbocycles. The van der Waals surface area contributed by atoms with Gasteiger partial charge in [-0.1, -0.05) is 236 Å². The van der Waals surface area contributed by atoms with Gasteiger partial charge in [-0.3, -0.25) is 9.59 Å². The van der Waals surface area contributed by atoms with Crippen LogP contribution in [0.1, 0.15) is 206 Å². The van der Waals surface area contributed by atoms with Gasteiger partial charge in [0.15, 0.2) is 6.10 Å². The van der Waals surface area contributed by atoms with Gasteiger partial charge in [0.05, 0.1) is 34.4 Å². The summed E-state index contributed by atoms with van der Waals surface area (Å²) in [5.41, 5.74) is 0. The van der Waals surface area contributed by atoms with E-state index in [-0.39, 0.29) is 32.7 Å². The van der Waals surface area contributed by atoms with Crippen molar-refractivity contribution in [3.8, 4) is 0 Å². The topological polar surface area (TPSA) is 108 Å². The van der Waals surface area contributed by atoms with E-state index in [4.69, 9.17) is 18.9 Å². The molecule has 0 saturated carbocycles. The van der Waals surface area contributed by atoms with E-state index in [0.717, 1.165) is 116 Å². The zero-order valence-electron chi connectivity index (χ0n) is 50.5. The number of nitrogens with zero attached hydrogens (tertiary/aromatic N) is 1. The third-order valence-corrected chi connectivity index (χ3v) is 12.3. The molecule has 0 amide bonds. The van der Waals surface area contributed by atoms with Gasteiger partial charge in [-0.2, -0.15) is 0 Å². The Morgan fingerprint density at radius 3 is 1.05 bits per heavy atom. The molecular weight excluding hydrogens is 983 g/mol. The minimum Gasteiger partial charge on any atom is -0.477 e. The first kappa shape index (κ1) is 73.9. The Morgan fingerprint density at radius 1 is 0.380 bits per heavy atom. The summed E-state index contributed by atoms with van der Waals surface area (Å²) in [6.07, 6.45) is 84.9. The standard InChI is InChI=1S/C70H111NO8/c1-6-8-10-12-14-16-18-20-22-24-25-26-27-28-29-30-31-32-33-34-35-36-37-38-39-40-41-42-43-45-47-49-51-53-55-57-59-61-68(73)79-66(65-78-70(69(74)75)76-63-62-71(3,4)5)64-77-67(72)60-58-56-54-52-50-48-46-44-23-21-19-17-15-13-11-9-7-2/h8-11,14-17,20-23,25-26,28-29,31-32,34-35,37-38,46,48,52,54,66,70H,6-7,12-13,18-19,24,27,30,33,36,39-45,47,49-51,53,55-65H2,1-5H3/p+1/b10-8-,11-9-,16-14-,17-15-,22-20-,23-21-,26-25-,29-28-,32-31-,35-34-,38-37-,48-46-,54-52-. The number of carboxylic acid groups (broad SMARTS) is 1. The van der Waals surface area contributed by atoms with Crippen LogP contribution < -0.4 is 0 Å². The number of carboxylic acids is 1. The van der Waals surface area contributed by atoms with Gasteiger partial charge in [-0.15, -0.1) is 0 Å². The number of aliphatic carboxylic acids is 1. The Balaban J connectivity index is 4.22. The molecule has 9 heteroatoms. The molecule has 0 aliphatic carbocycles. The predicted molar refractivity (Wildman–Crippen MR) is 336 cm³/mol. The van der Waals surface area contributed by atoms with Gasteiger partial charge in [0, 0.05) is 12.8 Å². The molecule has 0 bridgehead atoms. The Hall–Kier alpha value is -5.09. The van der Waals surface area contributed by atoms with Gasteiger partial charge in [-0.05, 0) is 116 Å². The summed E-state index contributed by atoms with van der Waals surface area (Å²) >= 11 is 0. The van der Waals surface area contributed by atoms with Crippen LogP contribution in [-0.4, -0.2) is 87.4 Å². The van der Waals surface area contributed by atoms with Crippen molar-refractivity contribution >= 4 is 17.9 Å². The summed E-state index contributed by atoms with van der Waals surface area (Å²) in [5.74, 6) is -2.10. The van der Waals surface area contributed by atoms with Crippen LogP contribution in [-0.2, 0) is 33.3 Å². The number of unbranched alkanes of at least 4 members (excludes halogenated alkanes) is 13. The van der Waals surface area contributed by atoms with Gasteiger partial charge < -0.3 is 28.5 Å². The lowest BCUT2D eigenvalue weighted by molar-refractivity contribution is -0.870. The first-order chi connectivity index (χ1) is 38.6. The smallest absolute Gasteiger partial charge is 0.361 e. The van der Waals surface area contributed by atoms with Crippen molar-refractivity contribution in [1.29, 1.82) is 0 Å². The fourth-order valence-corrected chi connectivity index (χ4v) is 7.65. The minimum absolute atomic E-state index is 0.170. The highest BCUT2D eigenvalue weighted by molar-refractivity contribution is 5.71. The summed E-state index contributed by atoms with van der Waals surface area (Å²) in [5, 5.41) is 9.70. The van der Waals surface area contributed by atoms with E-state index in [0.29, 0.717) is 23.9 Å². The lowest BCUT2D eigenvalue weighted by atomic mass is 10.0. The maximum Gasteiger partial charge on any atom is 0.361 e. The lowest BCUT2D eigenvalue weighted by Crippen LogP contribution is -2.40. The molecule has 79 heavy (non-hydrogen) atoms. The van der Waals surface area contributed by atoms with E-state index in [1.54, 1.807) is 0 Å². The summed E-state index contributed by atoms with van der Waals surface area (Å²) in [6, 6.07) is 0. The van der Waals surface area contributed by atoms with Crippen molar-refractivity contribution in [2.24, 2.45) is 0 Å². The average Bonchev–Trinajstić information content (AvgIpc) is 3.42. The van der Waals surface area contributed by atoms with Crippen molar-refractivity contribution in [2.75, 3.05) is 47.5 Å². The second kappa shape index (κ2) is 59.0. The second-order valence-electron chi connectivity index (χ2n) is 20.9. The molecule has 0 radical (unpaired) electrons. The average molecular weight is 1100 g/mol. The van der Waals surface area contributed by atoms with Gasteiger partial charge in [0.2, 0.25) is 0 Å². The van der Waals surface area contributed by atoms with Crippen molar-refractivity contribution in [1.82, 2.24) is 0 Å². The molecule has 9 nitrogen and oxygen atoms in total. The minimum atomic E-state index is -1.53. The maximum absolute atomic E-state index is 12.9. The Kier molecular flexibility index (Phi) is 55.2. The van der Waals surface area contributed by atoms with E-state index in [2.05, 4.69) is 172 Å². The van der Waals surface area contributed by atoms with E-state index in [1.807, 2.05) is 21.1 Å². The fraction of sp³-hybridized carbons (Fsp3) is 0.586. The Morgan fingerprint density at radius 2 is 0.696 bits per heavy atom. The molecule has 0 rings (SSSR count). The third-order valence-electron chi connectivity index (χ3n) is 12.3. The fourth-order valence-electron chi connectivity index (χ4n) is 7.65. The van der Waals surface area contributed by atoms with Crippen LogP contribution in [0.3, 0.4) is 0 Å². The highest BCUT2D eigenvalue weighted by atomic mass is 16.7. The third kappa shape index (κ3) is 60.4. The number of carbonyl (C=O) groups excluding carboxylic acids is 2. The molecule has 0 heterocycles. The summed E-state index contributed by atoms with van der Waals surface area (Å²) in [4.78, 5) is 37.4. The molecule has 2 unspecified atom stereocenters. The van der Waals surface area contributed by atoms with E-state index in [9.17, 15) is 19.5 Å². The lowest BCUT2D eigenvalue weighted by Gasteiger charge is -2.25. The maximum atomic E-state index is 12.9. The van der Waals surface area contributed by atoms with E-state index < -0.39 is 30.3 Å². The van der Waals surface area contributed by atoms with Crippen LogP contribution in [0.15, 0.2) is 158 Å². The Bertz CT molecular complexity index is 1850. The number of allylic oxidation sites excluding steroid dienone is 26. The number of esters is 2. The molecule has 0 aromatic heterocycles. The zero-order chi connectivity index (χ0) is 57.6. The number of carbonyl (C=O) groups is 3. The van der Waals surface area contributed by atoms with Crippen LogP contribution in [0, 0.1) is 0 Å². The summed E-state index contributed by atoms with van der Waals surface area (Å²) in [6.45, 7) is 4.55. The number of likely N-dealkylation sites (N-methyl/N-ethyl adjacent to an activating group) is 1. The first-order valence-electron chi connectivity index (χ1n) is 30.6. The van der Waals surface area contributed by atoms with Crippen LogP contribution in [0.5, 0.6) is 0 Å². The van der Waals surface area contributed by atoms with Crippen molar-refractivity contribution < 1.29 is 42.9 Å². The van der Waals surface area contributed by atoms with Crippen LogP contribution in [0.25, 0.3) is 0 Å². The molecule has 0 fully saturated rings. The van der Waals surface area contributed by atoms with E-state index in [1.165, 1.54) is 51.4 Å². The van der Waals surface area contributed by atoms with Crippen molar-refractivity contribution in [2.45, 2.75) is 219 Å². The molecule has 0 saturated heterocycles. The molecule has 0 spiro atoms. The van der Waals surface area contributed by atoms with Gasteiger partial charge >= 0.3 is 17.9 Å². The Labute approximate surface area is 483 Å². The number of ether oxygens (including phenoxy) is 4. The van der Waals surface area contributed by atoms with Gasteiger partial charge in [0.25, 0.3) is 6.29 Å². The van der Waals surface area contributed by atoms with E-state index >= 15 is 0 Å². The molecule has 2 atom stereocenters. The molecule has 444 valence electrons. The summed E-state index contributed by atoms with van der Waals surface area (Å²) in [7, 11) is 5.94. The first-order valence-corrected chi connectivity index (χ1v) is 30.6. The van der Waals surface area contributed by atoms with Crippen LogP contribution >= 0.6 is 0 Å². The monoisotopic (exact) mass is 1090 g/mol. The van der Waals surface area contributed by atoms with Crippen LogP contribution in [0.4, 0.5) is 0 Å². The highest BCUT2D eigenvalue weighted by Gasteiger charge is 2.25. The molecule has 0 aromatic rings.